The van der Waals surface area contributed by atoms with Gasteiger partial charge in [0, 0.05) is 70.1 Å². The number of anilines is 2. The van der Waals surface area contributed by atoms with E-state index in [9.17, 15) is 4.79 Å². The van der Waals surface area contributed by atoms with Crippen LogP contribution in [0.5, 0.6) is 11.5 Å². The van der Waals surface area contributed by atoms with Crippen molar-refractivity contribution in [2.24, 2.45) is 0 Å². The second-order valence-corrected chi connectivity index (χ2v) is 9.75. The smallest absolute Gasteiger partial charge is 0.321 e. The molecule has 0 aliphatic carbocycles. The topological polar surface area (TPSA) is 125 Å². The van der Waals surface area contributed by atoms with E-state index in [0.29, 0.717) is 68.7 Å². The number of aromatic nitrogens is 2. The van der Waals surface area contributed by atoms with Crippen LogP contribution in [0.4, 0.5) is 16.3 Å². The number of carbonyl (C=O) groups excluding carboxylic acids is 1. The fourth-order valence-corrected chi connectivity index (χ4v) is 4.82. The monoisotopic (exact) mass is 561 g/mol. The van der Waals surface area contributed by atoms with Crippen LogP contribution in [0.2, 0.25) is 0 Å². The SMILES string of the molecule is COCCOc1cc2c(N3CCN(C(=O)Nc4ccc(C#N)cc4)CC3)ncnc2cc1OCCN1CCOCC1. The lowest BCUT2D eigenvalue weighted by Gasteiger charge is -2.35. The van der Waals surface area contributed by atoms with Gasteiger partial charge in [-0.05, 0) is 30.3 Å². The predicted octanol–water partition coefficient (Wildman–Crippen LogP) is 2.59. The third-order valence-electron chi connectivity index (χ3n) is 7.13. The molecule has 1 N–H and O–H groups in total. The van der Waals surface area contributed by atoms with Crippen LogP contribution in [0.1, 0.15) is 5.56 Å². The van der Waals surface area contributed by atoms with E-state index in [-0.39, 0.29) is 6.03 Å². The van der Waals surface area contributed by atoms with E-state index in [1.807, 2.05) is 12.1 Å². The fraction of sp³-hybridized carbons (Fsp3) is 0.448. The molecule has 2 amide bonds. The number of ether oxygens (including phenoxy) is 4. The molecule has 12 heteroatoms. The maximum absolute atomic E-state index is 12.8. The number of piperazine rings is 1. The molecule has 3 heterocycles. The molecule has 1 aromatic heterocycles. The van der Waals surface area contributed by atoms with Crippen molar-refractivity contribution in [1.29, 1.82) is 5.26 Å². The van der Waals surface area contributed by atoms with Gasteiger partial charge in [0.25, 0.3) is 0 Å². The van der Waals surface area contributed by atoms with Crippen LogP contribution in [0.15, 0.2) is 42.7 Å². The first-order valence-corrected chi connectivity index (χ1v) is 13.8. The number of methoxy groups -OCH3 is 1. The third-order valence-corrected chi connectivity index (χ3v) is 7.13. The van der Waals surface area contributed by atoms with Crippen molar-refractivity contribution in [3.05, 3.63) is 48.3 Å². The summed E-state index contributed by atoms with van der Waals surface area (Å²) in [6, 6.07) is 12.6. The van der Waals surface area contributed by atoms with E-state index in [4.69, 9.17) is 24.2 Å². The van der Waals surface area contributed by atoms with Crippen LogP contribution >= 0.6 is 0 Å². The van der Waals surface area contributed by atoms with Gasteiger partial charge >= 0.3 is 6.03 Å². The number of nitriles is 1. The molecule has 5 rings (SSSR count). The van der Waals surface area contributed by atoms with Crippen LogP contribution in [0, 0.1) is 11.3 Å². The first-order valence-electron chi connectivity index (χ1n) is 13.8. The number of hydrogen-bond acceptors (Lipinski definition) is 10. The summed E-state index contributed by atoms with van der Waals surface area (Å²) >= 11 is 0. The molecular weight excluding hydrogens is 526 g/mol. The van der Waals surface area contributed by atoms with Gasteiger partial charge in [-0.25, -0.2) is 14.8 Å². The standard InChI is InChI=1S/C29H35N7O5/c1-38-16-17-41-26-18-24-25(19-27(26)40-15-12-34-10-13-39-14-11-34)31-21-32-28(24)35-6-8-36(9-7-35)29(37)33-23-4-2-22(20-30)3-5-23/h2-5,18-19,21H,6-17H2,1H3,(H,33,37). The zero-order chi connectivity index (χ0) is 28.4. The van der Waals surface area contributed by atoms with Gasteiger partial charge < -0.3 is 34.1 Å². The van der Waals surface area contributed by atoms with Crippen molar-refractivity contribution >= 4 is 28.4 Å². The third kappa shape index (κ3) is 7.32. The summed E-state index contributed by atoms with van der Waals surface area (Å²) in [7, 11) is 1.64. The fourth-order valence-electron chi connectivity index (χ4n) is 4.82. The predicted molar refractivity (Wildman–Crippen MR) is 154 cm³/mol. The van der Waals surface area contributed by atoms with Crippen LogP contribution < -0.4 is 19.7 Å². The largest absolute Gasteiger partial charge is 0.488 e. The van der Waals surface area contributed by atoms with Crippen LogP contribution in [0.3, 0.4) is 0 Å². The van der Waals surface area contributed by atoms with Crippen molar-refractivity contribution in [3.63, 3.8) is 0 Å². The average Bonchev–Trinajstić information content (AvgIpc) is 3.02. The van der Waals surface area contributed by atoms with Crippen molar-refractivity contribution in [2.45, 2.75) is 0 Å². The molecule has 0 radical (unpaired) electrons. The highest BCUT2D eigenvalue weighted by atomic mass is 16.5. The normalized spacial score (nSPS) is 15.9. The number of benzene rings is 2. The van der Waals surface area contributed by atoms with Crippen molar-refractivity contribution < 1.29 is 23.7 Å². The molecule has 2 aliphatic heterocycles. The van der Waals surface area contributed by atoms with Crippen molar-refractivity contribution in [2.75, 3.05) is 96.2 Å². The first-order chi connectivity index (χ1) is 20.1. The summed E-state index contributed by atoms with van der Waals surface area (Å²) < 4.78 is 22.8. The van der Waals surface area contributed by atoms with Gasteiger partial charge in [-0.1, -0.05) is 0 Å². The summed E-state index contributed by atoms with van der Waals surface area (Å²) in [4.78, 5) is 28.2. The molecule has 41 heavy (non-hydrogen) atoms. The van der Waals surface area contributed by atoms with E-state index in [0.717, 1.165) is 49.6 Å². The van der Waals surface area contributed by atoms with E-state index in [2.05, 4.69) is 31.2 Å². The quantitative estimate of drug-likeness (QED) is 0.369. The first kappa shape index (κ1) is 28.4. The Balaban J connectivity index is 1.26. The Hall–Kier alpha value is -4.18. The highest BCUT2D eigenvalue weighted by Crippen LogP contribution is 2.35. The number of rotatable bonds is 10. The van der Waals surface area contributed by atoms with Crippen molar-refractivity contribution in [1.82, 2.24) is 19.8 Å². The van der Waals surface area contributed by atoms with Gasteiger partial charge in [-0.3, -0.25) is 4.90 Å². The van der Waals surface area contributed by atoms with E-state index in [1.165, 1.54) is 0 Å². The molecule has 2 saturated heterocycles. The lowest BCUT2D eigenvalue weighted by molar-refractivity contribution is 0.0320. The molecule has 0 bridgehead atoms. The van der Waals surface area contributed by atoms with Gasteiger partial charge in [0.1, 0.15) is 25.4 Å². The number of hydrogen-bond donors (Lipinski definition) is 1. The summed E-state index contributed by atoms with van der Waals surface area (Å²) in [5.74, 6) is 2.04. The molecule has 216 valence electrons. The molecule has 0 unspecified atom stereocenters. The number of carbonyl (C=O) groups is 1. The van der Waals surface area contributed by atoms with E-state index in [1.54, 1.807) is 42.6 Å². The van der Waals surface area contributed by atoms with Crippen LogP contribution in [-0.4, -0.2) is 112 Å². The minimum atomic E-state index is -0.172. The maximum Gasteiger partial charge on any atom is 0.321 e. The number of amides is 2. The molecule has 0 saturated carbocycles. The molecule has 0 spiro atoms. The summed E-state index contributed by atoms with van der Waals surface area (Å²) in [5.41, 5.74) is 1.96. The van der Waals surface area contributed by atoms with Gasteiger partial charge in [-0.15, -0.1) is 0 Å². The molecule has 2 fully saturated rings. The van der Waals surface area contributed by atoms with Gasteiger partial charge in [0.15, 0.2) is 11.5 Å². The van der Waals surface area contributed by atoms with Gasteiger partial charge in [0.05, 0.1) is 37.0 Å². The van der Waals surface area contributed by atoms with Crippen LogP contribution in [-0.2, 0) is 9.47 Å². The molecular formula is C29H35N7O5. The van der Waals surface area contributed by atoms with Gasteiger partial charge in [-0.2, -0.15) is 5.26 Å². The number of urea groups is 1. The summed E-state index contributed by atoms with van der Waals surface area (Å²) in [6.45, 7) is 7.77. The Bertz CT molecular complexity index is 1350. The number of nitrogens with one attached hydrogen (secondary N) is 1. The molecule has 0 atom stereocenters. The molecule has 12 nitrogen and oxygen atoms in total. The summed E-state index contributed by atoms with van der Waals surface area (Å²) in [6.07, 6.45) is 1.56. The van der Waals surface area contributed by atoms with Gasteiger partial charge in [0.2, 0.25) is 0 Å². The lowest BCUT2D eigenvalue weighted by atomic mass is 10.2. The Morgan fingerprint density at radius 1 is 0.976 bits per heavy atom. The Labute approximate surface area is 239 Å². The number of morpholine rings is 1. The van der Waals surface area contributed by atoms with Crippen molar-refractivity contribution in [3.8, 4) is 17.6 Å². The molecule has 3 aromatic rings. The zero-order valence-electron chi connectivity index (χ0n) is 23.3. The Morgan fingerprint density at radius 3 is 2.44 bits per heavy atom. The second-order valence-electron chi connectivity index (χ2n) is 9.75. The number of fused-ring (bicyclic) bond motifs is 1. The number of nitrogens with zero attached hydrogens (tertiary/aromatic N) is 6. The highest BCUT2D eigenvalue weighted by molar-refractivity contribution is 5.92. The Kier molecular flexibility index (Phi) is 9.64. The minimum Gasteiger partial charge on any atom is -0.488 e. The minimum absolute atomic E-state index is 0.172. The van der Waals surface area contributed by atoms with E-state index >= 15 is 0 Å². The molecule has 2 aliphatic rings. The lowest BCUT2D eigenvalue weighted by Crippen LogP contribution is -2.50. The average molecular weight is 562 g/mol. The maximum atomic E-state index is 12.8. The van der Waals surface area contributed by atoms with Crippen LogP contribution in [0.25, 0.3) is 10.9 Å². The summed E-state index contributed by atoms with van der Waals surface area (Å²) in [5, 5.41) is 12.7. The van der Waals surface area contributed by atoms with E-state index < -0.39 is 0 Å². The zero-order valence-corrected chi connectivity index (χ0v) is 23.3. The molecule has 2 aromatic carbocycles. The second kappa shape index (κ2) is 13.9. The highest BCUT2D eigenvalue weighted by Gasteiger charge is 2.24. The Morgan fingerprint density at radius 2 is 1.71 bits per heavy atom.